The van der Waals surface area contributed by atoms with Crippen LogP contribution in [0.25, 0.3) is 11.0 Å². The molecule has 0 bridgehead atoms. The molecule has 2 aliphatic heterocycles. The number of amides is 2. The standard InChI is InChI=1S/C19H23N3O4/c1-25-15-4-2-3-13-9-16(26-17(13)15)19(24)22-10-14(11-22)21-7-5-12(6-8-21)18(20)23/h2-4,9,12,14H,5-8,10-11H2,1H3,(H2,20,23). The first-order valence-corrected chi connectivity index (χ1v) is 8.96. The van der Waals surface area contributed by atoms with Crippen LogP contribution in [-0.4, -0.2) is 60.9 Å². The number of primary amides is 1. The number of nitrogens with two attached hydrogens (primary N) is 1. The van der Waals surface area contributed by atoms with Crippen molar-refractivity contribution in [2.24, 2.45) is 11.7 Å². The molecule has 1 aromatic carbocycles. The number of hydrogen-bond acceptors (Lipinski definition) is 5. The van der Waals surface area contributed by atoms with Crippen molar-refractivity contribution < 1.29 is 18.7 Å². The highest BCUT2D eigenvalue weighted by molar-refractivity contribution is 5.97. The number of carbonyl (C=O) groups excluding carboxylic acids is 2. The van der Waals surface area contributed by atoms with E-state index in [1.165, 1.54) is 0 Å². The Morgan fingerprint density at radius 2 is 1.96 bits per heavy atom. The zero-order chi connectivity index (χ0) is 18.3. The number of benzene rings is 1. The van der Waals surface area contributed by atoms with Crippen LogP contribution in [0.1, 0.15) is 23.4 Å². The van der Waals surface area contributed by atoms with E-state index in [1.807, 2.05) is 18.2 Å². The Balaban J connectivity index is 1.37. The van der Waals surface area contributed by atoms with Crippen LogP contribution in [-0.2, 0) is 4.79 Å². The summed E-state index contributed by atoms with van der Waals surface area (Å²) >= 11 is 0. The highest BCUT2D eigenvalue weighted by Crippen LogP contribution is 2.30. The first kappa shape index (κ1) is 16.9. The summed E-state index contributed by atoms with van der Waals surface area (Å²) in [4.78, 5) is 28.1. The second kappa shape index (κ2) is 6.64. The molecule has 2 N–H and O–H groups in total. The van der Waals surface area contributed by atoms with Gasteiger partial charge in [0.1, 0.15) is 0 Å². The van der Waals surface area contributed by atoms with Crippen LogP contribution < -0.4 is 10.5 Å². The molecule has 0 aliphatic carbocycles. The van der Waals surface area contributed by atoms with Crippen LogP contribution in [0.5, 0.6) is 5.75 Å². The number of hydrogen-bond donors (Lipinski definition) is 1. The highest BCUT2D eigenvalue weighted by atomic mass is 16.5. The van der Waals surface area contributed by atoms with Crippen molar-refractivity contribution in [1.82, 2.24) is 9.80 Å². The summed E-state index contributed by atoms with van der Waals surface area (Å²) in [6, 6.07) is 7.72. The van der Waals surface area contributed by atoms with Crippen LogP contribution in [0.2, 0.25) is 0 Å². The molecule has 0 radical (unpaired) electrons. The molecule has 7 nitrogen and oxygen atoms in total. The second-order valence-electron chi connectivity index (χ2n) is 7.07. The number of fused-ring (bicyclic) bond motifs is 1. The molecule has 1 aromatic heterocycles. The lowest BCUT2D eigenvalue weighted by Crippen LogP contribution is -2.62. The van der Waals surface area contributed by atoms with Crippen LogP contribution in [0.15, 0.2) is 28.7 Å². The summed E-state index contributed by atoms with van der Waals surface area (Å²) in [5.74, 6) is 0.673. The van der Waals surface area contributed by atoms with Crippen molar-refractivity contribution in [1.29, 1.82) is 0 Å². The molecule has 2 aliphatic rings. The molecule has 0 unspecified atom stereocenters. The van der Waals surface area contributed by atoms with Crippen molar-refractivity contribution in [2.45, 2.75) is 18.9 Å². The van der Waals surface area contributed by atoms with Gasteiger partial charge in [-0.2, -0.15) is 0 Å². The molecule has 7 heteroatoms. The highest BCUT2D eigenvalue weighted by Gasteiger charge is 2.38. The molecule has 26 heavy (non-hydrogen) atoms. The Hall–Kier alpha value is -2.54. The Morgan fingerprint density at radius 3 is 2.62 bits per heavy atom. The minimum Gasteiger partial charge on any atom is -0.493 e. The van der Waals surface area contributed by atoms with Gasteiger partial charge in [0.05, 0.1) is 7.11 Å². The predicted molar refractivity (Wildman–Crippen MR) is 95.9 cm³/mol. The van der Waals surface area contributed by atoms with Gasteiger partial charge in [0.2, 0.25) is 5.91 Å². The molecule has 0 saturated carbocycles. The first-order valence-electron chi connectivity index (χ1n) is 8.96. The second-order valence-corrected chi connectivity index (χ2v) is 7.07. The topological polar surface area (TPSA) is 89.0 Å². The molecule has 4 rings (SSSR count). The van der Waals surface area contributed by atoms with Crippen molar-refractivity contribution in [2.75, 3.05) is 33.3 Å². The third kappa shape index (κ3) is 2.92. The normalized spacial score (nSPS) is 19.5. The van der Waals surface area contributed by atoms with Crippen molar-refractivity contribution >= 4 is 22.8 Å². The minimum atomic E-state index is -0.199. The molecular formula is C19H23N3O4. The van der Waals surface area contributed by atoms with Gasteiger partial charge in [-0.05, 0) is 38.1 Å². The maximum absolute atomic E-state index is 12.7. The van der Waals surface area contributed by atoms with E-state index in [2.05, 4.69) is 4.90 Å². The van der Waals surface area contributed by atoms with Gasteiger partial charge in [-0.3, -0.25) is 14.5 Å². The molecule has 2 fully saturated rings. The van der Waals surface area contributed by atoms with E-state index in [0.717, 1.165) is 31.3 Å². The van der Waals surface area contributed by atoms with Gasteiger partial charge in [-0.15, -0.1) is 0 Å². The summed E-state index contributed by atoms with van der Waals surface area (Å²) in [6.07, 6.45) is 1.62. The number of rotatable bonds is 4. The number of likely N-dealkylation sites (tertiary alicyclic amines) is 2. The zero-order valence-corrected chi connectivity index (χ0v) is 14.8. The summed E-state index contributed by atoms with van der Waals surface area (Å²) in [5.41, 5.74) is 5.99. The lowest BCUT2D eigenvalue weighted by atomic mass is 9.93. The van der Waals surface area contributed by atoms with E-state index in [-0.39, 0.29) is 17.7 Å². The predicted octanol–water partition coefficient (Wildman–Crippen LogP) is 1.46. The van der Waals surface area contributed by atoms with Gasteiger partial charge in [-0.25, -0.2) is 0 Å². The maximum atomic E-state index is 12.7. The monoisotopic (exact) mass is 357 g/mol. The lowest BCUT2D eigenvalue weighted by molar-refractivity contribution is -0.123. The number of nitrogens with zero attached hydrogens (tertiary/aromatic N) is 2. The van der Waals surface area contributed by atoms with E-state index in [9.17, 15) is 9.59 Å². The minimum absolute atomic E-state index is 0.00501. The average Bonchev–Trinajstić information content (AvgIpc) is 3.05. The van der Waals surface area contributed by atoms with Gasteiger partial charge in [-0.1, -0.05) is 12.1 Å². The summed E-state index contributed by atoms with van der Waals surface area (Å²) < 4.78 is 11.0. The Labute approximate surface area is 151 Å². The van der Waals surface area contributed by atoms with Crippen molar-refractivity contribution in [3.8, 4) is 5.75 Å². The smallest absolute Gasteiger partial charge is 0.289 e. The fourth-order valence-electron chi connectivity index (χ4n) is 3.86. The van der Waals surface area contributed by atoms with E-state index in [4.69, 9.17) is 14.9 Å². The maximum Gasteiger partial charge on any atom is 0.289 e. The molecule has 0 atom stereocenters. The third-order valence-electron chi connectivity index (χ3n) is 5.54. The molecule has 2 aromatic rings. The van der Waals surface area contributed by atoms with Crippen LogP contribution in [0.4, 0.5) is 0 Å². The van der Waals surface area contributed by atoms with Crippen LogP contribution in [0.3, 0.4) is 0 Å². The first-order chi connectivity index (χ1) is 12.6. The molecule has 3 heterocycles. The fourth-order valence-corrected chi connectivity index (χ4v) is 3.86. The molecule has 2 amide bonds. The van der Waals surface area contributed by atoms with Crippen LogP contribution in [0, 0.1) is 5.92 Å². The number of piperidine rings is 1. The summed E-state index contributed by atoms with van der Waals surface area (Å²) in [5, 5.41) is 0.860. The quantitative estimate of drug-likeness (QED) is 0.895. The lowest BCUT2D eigenvalue weighted by Gasteiger charge is -2.47. The van der Waals surface area contributed by atoms with E-state index in [1.54, 1.807) is 18.1 Å². The molecule has 0 spiro atoms. The Bertz CT molecular complexity index is 832. The average molecular weight is 357 g/mol. The van der Waals surface area contributed by atoms with E-state index < -0.39 is 0 Å². The number of carbonyl (C=O) groups is 2. The molecular weight excluding hydrogens is 334 g/mol. The van der Waals surface area contributed by atoms with Gasteiger partial charge >= 0.3 is 0 Å². The number of ether oxygens (including phenoxy) is 1. The number of furan rings is 1. The largest absolute Gasteiger partial charge is 0.493 e. The van der Waals surface area contributed by atoms with Crippen LogP contribution >= 0.6 is 0 Å². The fraction of sp³-hybridized carbons (Fsp3) is 0.474. The van der Waals surface area contributed by atoms with Gasteiger partial charge in [0, 0.05) is 30.4 Å². The van der Waals surface area contributed by atoms with Crippen molar-refractivity contribution in [3.05, 3.63) is 30.0 Å². The van der Waals surface area contributed by atoms with Crippen molar-refractivity contribution in [3.63, 3.8) is 0 Å². The summed E-state index contributed by atoms with van der Waals surface area (Å²) in [7, 11) is 1.58. The zero-order valence-electron chi connectivity index (χ0n) is 14.8. The Morgan fingerprint density at radius 1 is 1.23 bits per heavy atom. The van der Waals surface area contributed by atoms with Gasteiger partial charge in [0.15, 0.2) is 17.1 Å². The molecule has 2 saturated heterocycles. The third-order valence-corrected chi connectivity index (χ3v) is 5.54. The van der Waals surface area contributed by atoms with E-state index in [0.29, 0.717) is 36.2 Å². The van der Waals surface area contributed by atoms with Gasteiger partial charge < -0.3 is 19.8 Å². The van der Waals surface area contributed by atoms with Gasteiger partial charge in [0.25, 0.3) is 5.91 Å². The molecule has 138 valence electrons. The van der Waals surface area contributed by atoms with E-state index >= 15 is 0 Å². The SMILES string of the molecule is COc1cccc2cc(C(=O)N3CC(N4CCC(C(N)=O)CC4)C3)oc12. The number of para-hydroxylation sites is 1. The summed E-state index contributed by atoms with van der Waals surface area (Å²) in [6.45, 7) is 3.10. The number of methoxy groups -OCH3 is 1. The Kier molecular flexibility index (Phi) is 4.32.